The lowest BCUT2D eigenvalue weighted by atomic mass is 10.0. The minimum atomic E-state index is -1.18. The fraction of sp³-hybridized carbons (Fsp3) is 0.542. The lowest BCUT2D eigenvalue weighted by Crippen LogP contribution is -2.37. The maximum atomic E-state index is 13.3. The molecule has 0 saturated carbocycles. The van der Waals surface area contributed by atoms with E-state index in [0.29, 0.717) is 14.9 Å². The molecule has 13 nitrogen and oxygen atoms in total. The average Bonchev–Trinajstić information content (AvgIpc) is 3.46. The summed E-state index contributed by atoms with van der Waals surface area (Å²) in [5.74, 6) is -2.74. The summed E-state index contributed by atoms with van der Waals surface area (Å²) in [5.41, 5.74) is -0.567. The molecular weight excluding hydrogens is 548 g/mol. The number of carbonyl (C=O) groups excluding carboxylic acids is 4. The second kappa shape index (κ2) is 13.5. The Morgan fingerprint density at radius 1 is 1.05 bits per heavy atom. The Kier molecular flexibility index (Phi) is 10.9. The molecule has 4 amide bonds. The van der Waals surface area contributed by atoms with Crippen molar-refractivity contribution in [1.29, 1.82) is 0 Å². The van der Waals surface area contributed by atoms with E-state index in [2.05, 4.69) is 31.2 Å². The summed E-state index contributed by atoms with van der Waals surface area (Å²) in [6.45, 7) is 10.1. The van der Waals surface area contributed by atoms with E-state index in [1.165, 1.54) is 23.8 Å². The third kappa shape index (κ3) is 9.58. The number of carboxylic acid groups (broad SMARTS) is 1. The Morgan fingerprint density at radius 2 is 1.72 bits per heavy atom. The number of aromatic nitrogens is 2. The van der Waals surface area contributed by atoms with Crippen LogP contribution in [-0.2, 0) is 14.3 Å². The topological polar surface area (TPSA) is 189 Å². The van der Waals surface area contributed by atoms with Gasteiger partial charge >= 0.3 is 12.1 Å². The van der Waals surface area contributed by atoms with E-state index in [9.17, 15) is 24.0 Å². The number of aliphatic carboxylic acids is 1. The highest BCUT2D eigenvalue weighted by molar-refractivity contribution is 7.12. The average molecular weight is 583 g/mol. The smallest absolute Gasteiger partial charge is 0.408 e. The maximum absolute atomic E-state index is 13.3. The normalized spacial score (nSPS) is 12.8. The molecule has 2 heterocycles. The predicted molar refractivity (Wildman–Crippen MR) is 145 cm³/mol. The van der Waals surface area contributed by atoms with Crippen molar-refractivity contribution in [3.05, 3.63) is 31.7 Å². The van der Waals surface area contributed by atoms with E-state index >= 15 is 0 Å². The quantitative estimate of drug-likeness (QED) is 0.265. The Bertz CT molecular complexity index is 1220. The lowest BCUT2D eigenvalue weighted by molar-refractivity contribution is -0.135. The van der Waals surface area contributed by atoms with Crippen LogP contribution in [0, 0.1) is 12.8 Å². The minimum absolute atomic E-state index is 0.0496. The molecular formula is C24H34N6O7S2. The Hall–Kier alpha value is -3.59. The SMILES string of the molecule is CNC(=O)C[C@H](NC(=O)OC(C)(C)C)c1nc(C(=O)N[C@H](c2nc(C(=O)NCC(=O)O)cs2)C(C)C)c(C)s1. The number of carbonyl (C=O) groups is 5. The van der Waals surface area contributed by atoms with Gasteiger partial charge in [0.2, 0.25) is 5.91 Å². The first-order valence-corrected chi connectivity index (χ1v) is 13.7. The number of alkyl carbamates (subject to hydrolysis) is 1. The van der Waals surface area contributed by atoms with Gasteiger partial charge in [0.15, 0.2) is 0 Å². The molecule has 0 aliphatic heterocycles. The number of hydrogen-bond donors (Lipinski definition) is 5. The first-order chi connectivity index (χ1) is 18.1. The van der Waals surface area contributed by atoms with Crippen molar-refractivity contribution in [2.45, 2.75) is 65.6 Å². The number of rotatable bonds is 11. The Labute approximate surface area is 234 Å². The van der Waals surface area contributed by atoms with Gasteiger partial charge in [-0.1, -0.05) is 13.8 Å². The zero-order valence-electron chi connectivity index (χ0n) is 22.8. The molecule has 2 rings (SSSR count). The molecule has 2 aromatic rings. The molecule has 15 heteroatoms. The van der Waals surface area contributed by atoms with E-state index < -0.39 is 48.1 Å². The van der Waals surface area contributed by atoms with Gasteiger partial charge in [-0.3, -0.25) is 19.2 Å². The second-order valence-electron chi connectivity index (χ2n) is 9.88. The zero-order valence-corrected chi connectivity index (χ0v) is 24.5. The molecule has 2 aromatic heterocycles. The van der Waals surface area contributed by atoms with Gasteiger partial charge in [0.25, 0.3) is 11.8 Å². The Morgan fingerprint density at radius 3 is 2.28 bits per heavy atom. The van der Waals surface area contributed by atoms with Gasteiger partial charge in [0.05, 0.1) is 18.5 Å². The van der Waals surface area contributed by atoms with E-state index in [-0.39, 0.29) is 29.6 Å². The number of ether oxygens (including phenoxy) is 1. The van der Waals surface area contributed by atoms with Crippen LogP contribution in [0.1, 0.15) is 89.0 Å². The molecule has 0 spiro atoms. The van der Waals surface area contributed by atoms with Gasteiger partial charge in [0, 0.05) is 17.3 Å². The predicted octanol–water partition coefficient (Wildman–Crippen LogP) is 2.55. The number of thiazole rings is 2. The fourth-order valence-corrected chi connectivity index (χ4v) is 5.21. The van der Waals surface area contributed by atoms with Crippen molar-refractivity contribution in [2.24, 2.45) is 5.92 Å². The van der Waals surface area contributed by atoms with Gasteiger partial charge in [-0.15, -0.1) is 22.7 Å². The molecule has 0 radical (unpaired) electrons. The molecule has 39 heavy (non-hydrogen) atoms. The highest BCUT2D eigenvalue weighted by atomic mass is 32.1. The molecule has 0 fully saturated rings. The second-order valence-corrected chi connectivity index (χ2v) is 12.0. The Balaban J connectivity index is 2.25. The van der Waals surface area contributed by atoms with Crippen LogP contribution in [0.25, 0.3) is 0 Å². The molecule has 0 aliphatic carbocycles. The standard InChI is InChI=1S/C24H34N6O7S2/c1-11(2)17(22-27-14(10-38-22)19(34)26-9-16(32)33)29-20(35)18-12(3)39-21(30-18)13(8-15(31)25-7)28-23(36)37-24(4,5)6/h10-11,13,17H,8-9H2,1-7H3,(H,25,31)(H,26,34)(H,28,36)(H,29,35)(H,32,33)/t13-,17-/m0/s1. The summed E-state index contributed by atoms with van der Waals surface area (Å²) in [6, 6.07) is -1.38. The zero-order chi connectivity index (χ0) is 29.5. The van der Waals surface area contributed by atoms with Crippen molar-refractivity contribution in [3.63, 3.8) is 0 Å². The van der Waals surface area contributed by atoms with Crippen molar-refractivity contribution in [3.8, 4) is 0 Å². The monoisotopic (exact) mass is 582 g/mol. The summed E-state index contributed by atoms with van der Waals surface area (Å²) < 4.78 is 5.32. The van der Waals surface area contributed by atoms with Crippen LogP contribution in [0.2, 0.25) is 0 Å². The van der Waals surface area contributed by atoms with E-state index in [0.717, 1.165) is 11.3 Å². The van der Waals surface area contributed by atoms with E-state index in [4.69, 9.17) is 9.84 Å². The van der Waals surface area contributed by atoms with E-state index in [1.807, 2.05) is 13.8 Å². The minimum Gasteiger partial charge on any atom is -0.480 e. The number of nitrogens with one attached hydrogen (secondary N) is 4. The van der Waals surface area contributed by atoms with Gasteiger partial charge in [-0.05, 0) is 33.6 Å². The summed E-state index contributed by atoms with van der Waals surface area (Å²) in [5, 5.41) is 21.4. The van der Waals surface area contributed by atoms with Crippen molar-refractivity contribution in [2.75, 3.05) is 13.6 Å². The van der Waals surface area contributed by atoms with Crippen LogP contribution in [0.15, 0.2) is 5.38 Å². The molecule has 0 saturated heterocycles. The van der Waals surface area contributed by atoms with Crippen LogP contribution in [0.5, 0.6) is 0 Å². The molecule has 214 valence electrons. The number of nitrogens with zero attached hydrogens (tertiary/aromatic N) is 2. The van der Waals surface area contributed by atoms with Crippen LogP contribution in [0.3, 0.4) is 0 Å². The highest BCUT2D eigenvalue weighted by Crippen LogP contribution is 2.29. The molecule has 2 atom stereocenters. The molecule has 0 unspecified atom stereocenters. The summed E-state index contributed by atoms with van der Waals surface area (Å²) in [4.78, 5) is 70.0. The number of amides is 4. The van der Waals surface area contributed by atoms with Crippen LogP contribution >= 0.6 is 22.7 Å². The van der Waals surface area contributed by atoms with Crippen molar-refractivity contribution >= 4 is 52.5 Å². The summed E-state index contributed by atoms with van der Waals surface area (Å²) >= 11 is 2.34. The molecule has 0 aliphatic rings. The first kappa shape index (κ1) is 31.6. The summed E-state index contributed by atoms with van der Waals surface area (Å²) in [7, 11) is 1.48. The lowest BCUT2D eigenvalue weighted by Gasteiger charge is -2.22. The maximum Gasteiger partial charge on any atom is 0.408 e. The third-order valence-electron chi connectivity index (χ3n) is 5.06. The van der Waals surface area contributed by atoms with E-state index in [1.54, 1.807) is 27.7 Å². The van der Waals surface area contributed by atoms with Gasteiger partial charge in [0.1, 0.15) is 33.5 Å². The van der Waals surface area contributed by atoms with Gasteiger partial charge < -0.3 is 31.1 Å². The molecule has 0 aromatic carbocycles. The molecule has 0 bridgehead atoms. The number of hydrogen-bond acceptors (Lipinski definition) is 10. The van der Waals surface area contributed by atoms with Crippen LogP contribution < -0.4 is 21.3 Å². The van der Waals surface area contributed by atoms with Crippen LogP contribution in [-0.4, -0.2) is 64.1 Å². The van der Waals surface area contributed by atoms with Gasteiger partial charge in [-0.25, -0.2) is 14.8 Å². The fourth-order valence-electron chi connectivity index (χ4n) is 3.22. The van der Waals surface area contributed by atoms with Crippen molar-refractivity contribution in [1.82, 2.24) is 31.2 Å². The molecule has 5 N–H and O–H groups in total. The van der Waals surface area contributed by atoms with Crippen LogP contribution in [0.4, 0.5) is 4.79 Å². The largest absolute Gasteiger partial charge is 0.480 e. The highest BCUT2D eigenvalue weighted by Gasteiger charge is 2.29. The van der Waals surface area contributed by atoms with Gasteiger partial charge in [-0.2, -0.15) is 0 Å². The first-order valence-electron chi connectivity index (χ1n) is 12.0. The third-order valence-corrected chi connectivity index (χ3v) is 7.07. The summed E-state index contributed by atoms with van der Waals surface area (Å²) in [6.07, 6.45) is -0.827. The number of aryl methyl sites for hydroxylation is 1. The van der Waals surface area contributed by atoms with Crippen molar-refractivity contribution < 1.29 is 33.8 Å². The number of carboxylic acids is 1.